The molecule has 4 nitrogen and oxygen atoms in total. The third-order valence-electron chi connectivity index (χ3n) is 5.25. The van der Waals surface area contributed by atoms with Crippen molar-refractivity contribution in [2.45, 2.75) is 13.5 Å². The molecule has 6 heteroatoms. The number of hydrogen-bond acceptors (Lipinski definition) is 3. The highest BCUT2D eigenvalue weighted by molar-refractivity contribution is 6.46. The second-order valence-electron chi connectivity index (χ2n) is 7.45. The molecule has 0 unspecified atom stereocenters. The predicted octanol–water partition coefficient (Wildman–Crippen LogP) is 5.72. The predicted molar refractivity (Wildman–Crippen MR) is 125 cm³/mol. The van der Waals surface area contributed by atoms with Crippen LogP contribution in [0.15, 0.2) is 78.5 Å². The Morgan fingerprint density at radius 3 is 2.16 bits per heavy atom. The molecule has 0 saturated heterocycles. The third kappa shape index (κ3) is 4.09. The number of halogens is 2. The number of carbonyl (C=O) groups excluding carboxylic acids is 2. The molecule has 0 N–H and O–H groups in total. The van der Waals surface area contributed by atoms with E-state index < -0.39 is 0 Å². The van der Waals surface area contributed by atoms with Crippen LogP contribution < -0.4 is 4.90 Å². The topological polar surface area (TPSA) is 40.6 Å². The van der Waals surface area contributed by atoms with E-state index in [-0.39, 0.29) is 11.8 Å². The summed E-state index contributed by atoms with van der Waals surface area (Å²) in [5, 5.41) is 1.02. The van der Waals surface area contributed by atoms with E-state index in [1.807, 2.05) is 49.2 Å². The Balaban J connectivity index is 1.83. The van der Waals surface area contributed by atoms with E-state index in [1.165, 1.54) is 4.90 Å². The molecule has 156 valence electrons. The van der Waals surface area contributed by atoms with Gasteiger partial charge in [-0.2, -0.15) is 0 Å². The highest BCUT2D eigenvalue weighted by atomic mass is 35.5. The molecule has 2 amide bonds. The molecule has 0 atom stereocenters. The van der Waals surface area contributed by atoms with Crippen LogP contribution in [0.4, 0.5) is 5.69 Å². The van der Waals surface area contributed by atoms with Crippen LogP contribution in [-0.4, -0.2) is 23.8 Å². The third-order valence-corrected chi connectivity index (χ3v) is 5.74. The number of nitrogens with zero attached hydrogens (tertiary/aromatic N) is 2. The van der Waals surface area contributed by atoms with Crippen LogP contribution in [0.3, 0.4) is 0 Å². The molecule has 4 rings (SSSR count). The van der Waals surface area contributed by atoms with Gasteiger partial charge < -0.3 is 4.90 Å². The van der Waals surface area contributed by atoms with Crippen molar-refractivity contribution in [2.24, 2.45) is 0 Å². The van der Waals surface area contributed by atoms with Gasteiger partial charge in [0.05, 0.1) is 11.3 Å². The van der Waals surface area contributed by atoms with E-state index in [2.05, 4.69) is 0 Å². The van der Waals surface area contributed by atoms with Gasteiger partial charge in [-0.3, -0.25) is 9.59 Å². The number of benzene rings is 3. The van der Waals surface area contributed by atoms with Gasteiger partial charge in [0.2, 0.25) is 0 Å². The number of imide groups is 1. The Hall–Kier alpha value is -3.08. The van der Waals surface area contributed by atoms with Gasteiger partial charge in [0.25, 0.3) is 11.8 Å². The van der Waals surface area contributed by atoms with Crippen LogP contribution in [0.2, 0.25) is 10.0 Å². The zero-order chi connectivity index (χ0) is 22.1. The average molecular weight is 451 g/mol. The van der Waals surface area contributed by atoms with Gasteiger partial charge in [-0.1, -0.05) is 71.7 Å². The lowest BCUT2D eigenvalue weighted by atomic mass is 10.0. The minimum Gasteiger partial charge on any atom is -0.365 e. The molecule has 0 bridgehead atoms. The monoisotopic (exact) mass is 450 g/mol. The number of amides is 2. The normalized spacial score (nSPS) is 13.9. The number of rotatable bonds is 5. The first-order valence-corrected chi connectivity index (χ1v) is 10.5. The maximum Gasteiger partial charge on any atom is 0.282 e. The smallest absolute Gasteiger partial charge is 0.282 e. The lowest BCUT2D eigenvalue weighted by Crippen LogP contribution is -2.34. The first-order chi connectivity index (χ1) is 14.9. The quantitative estimate of drug-likeness (QED) is 0.466. The highest BCUT2D eigenvalue weighted by Gasteiger charge is 2.42. The summed E-state index contributed by atoms with van der Waals surface area (Å²) in [6.45, 7) is 2.33. The largest absolute Gasteiger partial charge is 0.365 e. The van der Waals surface area contributed by atoms with Crippen molar-refractivity contribution >= 4 is 46.3 Å². The number of hydrogen-bond donors (Lipinski definition) is 0. The van der Waals surface area contributed by atoms with Crippen molar-refractivity contribution in [3.63, 3.8) is 0 Å². The fourth-order valence-corrected chi connectivity index (χ4v) is 4.02. The molecule has 31 heavy (non-hydrogen) atoms. The summed E-state index contributed by atoms with van der Waals surface area (Å²) in [5.74, 6) is -0.758. The van der Waals surface area contributed by atoms with Crippen LogP contribution >= 0.6 is 23.2 Å². The van der Waals surface area contributed by atoms with Crippen molar-refractivity contribution in [1.29, 1.82) is 0 Å². The van der Waals surface area contributed by atoms with Gasteiger partial charge in [0, 0.05) is 23.6 Å². The minimum absolute atomic E-state index is 0.343. The number of anilines is 1. The Kier molecular flexibility index (Phi) is 5.86. The molecule has 1 aliphatic heterocycles. The molecule has 0 fully saturated rings. The lowest BCUT2D eigenvalue weighted by Gasteiger charge is -2.22. The standard InChI is InChI=1S/C25H20Cl2N2O2/c1-16-8-11-20(27)14-21(16)29-24(30)22(18-9-12-19(26)13-10-18)23(25(29)31)28(2)15-17-6-4-3-5-7-17/h3-14H,15H2,1-2H3. The molecule has 3 aromatic carbocycles. The van der Waals surface area contributed by atoms with Crippen LogP contribution in [0.1, 0.15) is 16.7 Å². The van der Waals surface area contributed by atoms with E-state index in [4.69, 9.17) is 23.2 Å². The van der Waals surface area contributed by atoms with Gasteiger partial charge in [-0.25, -0.2) is 4.90 Å². The van der Waals surface area contributed by atoms with Gasteiger partial charge in [0.15, 0.2) is 0 Å². The SMILES string of the molecule is Cc1ccc(Cl)cc1N1C(=O)C(c2ccc(Cl)cc2)=C(N(C)Cc2ccccc2)C1=O. The number of likely N-dealkylation sites (N-methyl/N-ethyl adjacent to an activating group) is 1. The Bertz CT molecular complexity index is 1190. The van der Waals surface area contributed by atoms with Crippen LogP contribution in [0, 0.1) is 6.92 Å². The molecule has 0 radical (unpaired) electrons. The van der Waals surface area contributed by atoms with E-state index in [0.717, 1.165) is 11.1 Å². The average Bonchev–Trinajstić information content (AvgIpc) is 3.01. The summed E-state index contributed by atoms with van der Waals surface area (Å²) >= 11 is 12.2. The van der Waals surface area contributed by atoms with Crippen molar-refractivity contribution < 1.29 is 9.59 Å². The van der Waals surface area contributed by atoms with E-state index in [9.17, 15) is 9.59 Å². The lowest BCUT2D eigenvalue weighted by molar-refractivity contribution is -0.120. The van der Waals surface area contributed by atoms with E-state index in [0.29, 0.717) is 39.1 Å². The van der Waals surface area contributed by atoms with Crippen LogP contribution in [0.5, 0.6) is 0 Å². The fourth-order valence-electron chi connectivity index (χ4n) is 3.73. The Morgan fingerprint density at radius 1 is 0.839 bits per heavy atom. The first kappa shape index (κ1) is 21.2. The summed E-state index contributed by atoms with van der Waals surface area (Å²) in [6, 6.07) is 21.9. The summed E-state index contributed by atoms with van der Waals surface area (Å²) in [5.41, 5.74) is 3.63. The maximum absolute atomic E-state index is 13.6. The minimum atomic E-state index is -0.382. The van der Waals surface area contributed by atoms with Gasteiger partial charge in [-0.15, -0.1) is 0 Å². The van der Waals surface area contributed by atoms with Crippen LogP contribution in [-0.2, 0) is 16.1 Å². The van der Waals surface area contributed by atoms with E-state index >= 15 is 0 Å². The number of aryl methyl sites for hydroxylation is 1. The zero-order valence-electron chi connectivity index (χ0n) is 17.1. The summed E-state index contributed by atoms with van der Waals surface area (Å²) < 4.78 is 0. The second kappa shape index (κ2) is 8.58. The zero-order valence-corrected chi connectivity index (χ0v) is 18.6. The van der Waals surface area contributed by atoms with Gasteiger partial charge in [0.1, 0.15) is 5.70 Å². The molecule has 1 aliphatic rings. The van der Waals surface area contributed by atoms with Crippen molar-refractivity contribution in [2.75, 3.05) is 11.9 Å². The van der Waals surface area contributed by atoms with Crippen molar-refractivity contribution in [1.82, 2.24) is 4.90 Å². The Labute approximate surface area is 191 Å². The maximum atomic E-state index is 13.6. The summed E-state index contributed by atoms with van der Waals surface area (Å²) in [4.78, 5) is 30.2. The van der Waals surface area contributed by atoms with Gasteiger partial charge in [-0.05, 0) is 47.9 Å². The van der Waals surface area contributed by atoms with E-state index in [1.54, 1.807) is 42.5 Å². The molecular formula is C25H20Cl2N2O2. The van der Waals surface area contributed by atoms with Crippen molar-refractivity contribution in [3.8, 4) is 0 Å². The summed E-state index contributed by atoms with van der Waals surface area (Å²) in [6.07, 6.45) is 0. The molecular weight excluding hydrogens is 431 g/mol. The molecule has 0 spiro atoms. The molecule has 3 aromatic rings. The van der Waals surface area contributed by atoms with Gasteiger partial charge >= 0.3 is 0 Å². The Morgan fingerprint density at radius 2 is 1.48 bits per heavy atom. The summed E-state index contributed by atoms with van der Waals surface area (Å²) in [7, 11) is 1.82. The molecule has 0 saturated carbocycles. The molecule has 1 heterocycles. The second-order valence-corrected chi connectivity index (χ2v) is 8.32. The highest BCUT2D eigenvalue weighted by Crippen LogP contribution is 2.37. The van der Waals surface area contributed by atoms with Crippen molar-refractivity contribution in [3.05, 3.63) is 105 Å². The fraction of sp³-hybridized carbons (Fsp3) is 0.120. The van der Waals surface area contributed by atoms with Crippen LogP contribution in [0.25, 0.3) is 5.57 Å². The first-order valence-electron chi connectivity index (χ1n) is 9.77. The molecule has 0 aliphatic carbocycles. The molecule has 0 aromatic heterocycles. The number of carbonyl (C=O) groups is 2.